The van der Waals surface area contributed by atoms with E-state index in [1.165, 1.54) is 14.1 Å². The lowest BCUT2D eigenvalue weighted by Crippen LogP contribution is -2.40. The van der Waals surface area contributed by atoms with Gasteiger partial charge in [0.05, 0.1) is 11.9 Å². The summed E-state index contributed by atoms with van der Waals surface area (Å²) >= 11 is 0. The third-order valence-corrected chi connectivity index (χ3v) is 4.22. The van der Waals surface area contributed by atoms with Crippen LogP contribution in [0.5, 0.6) is 0 Å². The van der Waals surface area contributed by atoms with E-state index in [4.69, 9.17) is 5.53 Å². The van der Waals surface area contributed by atoms with Gasteiger partial charge in [0.1, 0.15) is 0 Å². The van der Waals surface area contributed by atoms with Gasteiger partial charge in [-0.25, -0.2) is 12.7 Å². The van der Waals surface area contributed by atoms with Crippen molar-refractivity contribution in [2.75, 3.05) is 26.4 Å². The van der Waals surface area contributed by atoms with E-state index in [0.717, 1.165) is 4.31 Å². The van der Waals surface area contributed by atoms with Gasteiger partial charge >= 0.3 is 0 Å². The van der Waals surface area contributed by atoms with Crippen LogP contribution in [0.25, 0.3) is 10.4 Å². The number of aliphatic hydroxyl groups excluding tert-OH is 1. The van der Waals surface area contributed by atoms with Crippen molar-refractivity contribution >= 4 is 10.0 Å². The van der Waals surface area contributed by atoms with E-state index in [1.807, 2.05) is 0 Å². The normalized spacial score (nSPS) is 14.6. The van der Waals surface area contributed by atoms with Crippen LogP contribution < -0.4 is 0 Å². The van der Waals surface area contributed by atoms with Gasteiger partial charge in [0.2, 0.25) is 10.0 Å². The van der Waals surface area contributed by atoms with E-state index < -0.39 is 21.5 Å². The molecule has 0 aromatic heterocycles. The minimum Gasteiger partial charge on any atom is -0.391 e. The fourth-order valence-electron chi connectivity index (χ4n) is 0.893. The summed E-state index contributed by atoms with van der Waals surface area (Å²) in [6.45, 7) is 3.35. The standard InChI is InChI=1S/C8H18N4O3S/c1-8(2,6-10-11-9)7(13)5-16(14,15)12(3)4/h7,13H,5-6H2,1-4H3. The molecule has 0 aliphatic carbocycles. The largest absolute Gasteiger partial charge is 0.391 e. The zero-order valence-corrected chi connectivity index (χ0v) is 10.8. The van der Waals surface area contributed by atoms with E-state index in [2.05, 4.69) is 10.0 Å². The smallest absolute Gasteiger partial charge is 0.216 e. The molecule has 0 bridgehead atoms. The minimum atomic E-state index is -3.46. The van der Waals surface area contributed by atoms with Crippen molar-refractivity contribution < 1.29 is 13.5 Å². The lowest BCUT2D eigenvalue weighted by molar-refractivity contribution is 0.0745. The first-order valence-corrected chi connectivity index (χ1v) is 6.33. The molecule has 0 aromatic carbocycles. The molecule has 0 saturated carbocycles. The molecule has 0 amide bonds. The van der Waals surface area contributed by atoms with E-state index >= 15 is 0 Å². The van der Waals surface area contributed by atoms with Gasteiger partial charge in [0.15, 0.2) is 0 Å². The van der Waals surface area contributed by atoms with Crippen molar-refractivity contribution in [2.45, 2.75) is 20.0 Å². The van der Waals surface area contributed by atoms with Crippen molar-refractivity contribution in [3.05, 3.63) is 10.4 Å². The lowest BCUT2D eigenvalue weighted by Gasteiger charge is -2.29. The second kappa shape index (κ2) is 5.49. The van der Waals surface area contributed by atoms with Gasteiger partial charge in [-0.3, -0.25) is 0 Å². The van der Waals surface area contributed by atoms with Gasteiger partial charge in [-0.05, 0) is 10.9 Å². The molecule has 0 rings (SSSR count). The van der Waals surface area contributed by atoms with Gasteiger partial charge in [0, 0.05) is 25.6 Å². The number of sulfonamides is 1. The van der Waals surface area contributed by atoms with Crippen molar-refractivity contribution in [3.63, 3.8) is 0 Å². The topological polar surface area (TPSA) is 106 Å². The highest BCUT2D eigenvalue weighted by Crippen LogP contribution is 2.22. The zero-order chi connectivity index (χ0) is 13.0. The average molecular weight is 250 g/mol. The predicted molar refractivity (Wildman–Crippen MR) is 61.3 cm³/mol. The summed E-state index contributed by atoms with van der Waals surface area (Å²) < 4.78 is 24.1. The monoisotopic (exact) mass is 250 g/mol. The first kappa shape index (κ1) is 15.2. The summed E-state index contributed by atoms with van der Waals surface area (Å²) in [5.41, 5.74) is 7.41. The van der Waals surface area contributed by atoms with Crippen LogP contribution in [0.3, 0.4) is 0 Å². The zero-order valence-electron chi connectivity index (χ0n) is 9.95. The Morgan fingerprint density at radius 3 is 2.38 bits per heavy atom. The highest BCUT2D eigenvalue weighted by Gasteiger charge is 2.32. The lowest BCUT2D eigenvalue weighted by atomic mass is 9.88. The van der Waals surface area contributed by atoms with Crippen LogP contribution in [0, 0.1) is 5.41 Å². The predicted octanol–water partition coefficient (Wildman–Crippen LogP) is 0.575. The van der Waals surface area contributed by atoms with Gasteiger partial charge in [0.25, 0.3) is 0 Å². The summed E-state index contributed by atoms with van der Waals surface area (Å²) in [4.78, 5) is 2.59. The Kier molecular flexibility index (Phi) is 5.21. The van der Waals surface area contributed by atoms with Crippen molar-refractivity contribution in [2.24, 2.45) is 10.5 Å². The van der Waals surface area contributed by atoms with Gasteiger partial charge in [-0.2, -0.15) is 0 Å². The molecule has 7 nitrogen and oxygen atoms in total. The van der Waals surface area contributed by atoms with E-state index in [0.29, 0.717) is 0 Å². The molecule has 1 unspecified atom stereocenters. The number of hydrogen-bond acceptors (Lipinski definition) is 4. The fraction of sp³-hybridized carbons (Fsp3) is 1.00. The molecule has 0 spiro atoms. The Bertz CT molecular complexity index is 371. The highest BCUT2D eigenvalue weighted by molar-refractivity contribution is 7.89. The van der Waals surface area contributed by atoms with E-state index in [9.17, 15) is 13.5 Å². The Labute approximate surface area is 95.7 Å². The maximum atomic E-state index is 11.5. The minimum absolute atomic E-state index is 0.0492. The molecular formula is C8H18N4O3S. The first-order valence-electron chi connectivity index (χ1n) is 4.72. The first-order chi connectivity index (χ1) is 7.13. The third kappa shape index (κ3) is 4.36. The van der Waals surface area contributed by atoms with Crippen LogP contribution in [0.2, 0.25) is 0 Å². The summed E-state index contributed by atoms with van der Waals surface area (Å²) in [6.07, 6.45) is -1.08. The molecule has 0 aromatic rings. The Morgan fingerprint density at radius 1 is 1.50 bits per heavy atom. The molecule has 1 N–H and O–H groups in total. The van der Waals surface area contributed by atoms with Crippen molar-refractivity contribution in [1.29, 1.82) is 0 Å². The molecule has 0 heterocycles. The molecule has 16 heavy (non-hydrogen) atoms. The molecule has 0 aliphatic rings. The summed E-state index contributed by atoms with van der Waals surface area (Å²) in [7, 11) is -0.647. The summed E-state index contributed by atoms with van der Waals surface area (Å²) in [5.74, 6) is -0.381. The van der Waals surface area contributed by atoms with Crippen LogP contribution in [0.15, 0.2) is 5.11 Å². The highest BCUT2D eigenvalue weighted by atomic mass is 32.2. The van der Waals surface area contributed by atoms with Crippen LogP contribution in [-0.2, 0) is 10.0 Å². The van der Waals surface area contributed by atoms with Crippen LogP contribution in [0.1, 0.15) is 13.8 Å². The molecule has 0 radical (unpaired) electrons. The van der Waals surface area contributed by atoms with Gasteiger partial charge in [-0.15, -0.1) is 0 Å². The number of nitrogens with zero attached hydrogens (tertiary/aromatic N) is 4. The molecule has 0 fully saturated rings. The molecule has 94 valence electrons. The molecule has 1 atom stereocenters. The Balaban J connectivity index is 4.69. The molecule has 0 aliphatic heterocycles. The second-order valence-corrected chi connectivity index (χ2v) is 6.68. The Hall–Kier alpha value is -0.820. The average Bonchev–Trinajstić information content (AvgIpc) is 2.13. The molecule has 0 saturated heterocycles. The van der Waals surface area contributed by atoms with E-state index in [1.54, 1.807) is 13.8 Å². The SMILES string of the molecule is CN(C)S(=O)(=O)CC(O)C(C)(C)CN=[N+]=[N-]. The molecule has 8 heteroatoms. The van der Waals surface area contributed by atoms with E-state index in [-0.39, 0.29) is 12.3 Å². The number of aliphatic hydroxyl groups is 1. The number of azide groups is 1. The van der Waals surface area contributed by atoms with Crippen LogP contribution >= 0.6 is 0 Å². The maximum Gasteiger partial charge on any atom is 0.216 e. The third-order valence-electron chi connectivity index (χ3n) is 2.37. The van der Waals surface area contributed by atoms with Gasteiger partial charge < -0.3 is 5.11 Å². The van der Waals surface area contributed by atoms with Crippen molar-refractivity contribution in [3.8, 4) is 0 Å². The summed E-state index contributed by atoms with van der Waals surface area (Å²) in [6, 6.07) is 0. The molecular weight excluding hydrogens is 232 g/mol. The van der Waals surface area contributed by atoms with Crippen molar-refractivity contribution in [1.82, 2.24) is 4.31 Å². The number of hydrogen-bond donors (Lipinski definition) is 1. The maximum absolute atomic E-state index is 11.5. The second-order valence-electron chi connectivity index (χ2n) is 4.45. The summed E-state index contributed by atoms with van der Waals surface area (Å²) in [5, 5.41) is 13.2. The Morgan fingerprint density at radius 2 is 2.00 bits per heavy atom. The fourth-order valence-corrected chi connectivity index (χ4v) is 2.04. The van der Waals surface area contributed by atoms with Crippen LogP contribution in [-0.4, -0.2) is 50.3 Å². The van der Waals surface area contributed by atoms with Gasteiger partial charge in [-0.1, -0.05) is 19.0 Å². The van der Waals surface area contributed by atoms with Crippen LogP contribution in [0.4, 0.5) is 0 Å². The number of rotatable bonds is 6. The quantitative estimate of drug-likeness (QED) is 0.423.